The van der Waals surface area contributed by atoms with E-state index in [2.05, 4.69) is 10.6 Å². The lowest BCUT2D eigenvalue weighted by molar-refractivity contribution is 0.223. The first kappa shape index (κ1) is 14.9. The SMILES string of the molecule is O=C(NCOc1ccccc1)NCc1ccc(CO)cc1. The van der Waals surface area contributed by atoms with Crippen LogP contribution in [-0.2, 0) is 13.2 Å². The predicted octanol–water partition coefficient (Wildman–Crippen LogP) is 2.01. The molecule has 0 unspecified atom stereocenters. The fourth-order valence-electron chi connectivity index (χ4n) is 1.71. The van der Waals surface area contributed by atoms with Gasteiger partial charge in [0.05, 0.1) is 6.61 Å². The lowest BCUT2D eigenvalue weighted by Gasteiger charge is -2.09. The molecule has 2 amide bonds. The van der Waals surface area contributed by atoms with E-state index >= 15 is 0 Å². The van der Waals surface area contributed by atoms with Crippen molar-refractivity contribution in [2.45, 2.75) is 13.2 Å². The molecule has 0 fully saturated rings. The van der Waals surface area contributed by atoms with Crippen molar-refractivity contribution in [2.24, 2.45) is 0 Å². The molecule has 5 nitrogen and oxygen atoms in total. The molecule has 0 heterocycles. The van der Waals surface area contributed by atoms with Crippen molar-refractivity contribution < 1.29 is 14.6 Å². The van der Waals surface area contributed by atoms with Crippen molar-refractivity contribution in [1.29, 1.82) is 0 Å². The first-order chi connectivity index (χ1) is 10.3. The zero-order valence-electron chi connectivity index (χ0n) is 11.6. The highest BCUT2D eigenvalue weighted by atomic mass is 16.5. The Balaban J connectivity index is 1.67. The number of urea groups is 1. The summed E-state index contributed by atoms with van der Waals surface area (Å²) in [6.45, 7) is 0.549. The van der Waals surface area contributed by atoms with Crippen LogP contribution in [0.4, 0.5) is 4.79 Å². The smallest absolute Gasteiger partial charge is 0.317 e. The van der Waals surface area contributed by atoms with Crippen LogP contribution < -0.4 is 15.4 Å². The van der Waals surface area contributed by atoms with Gasteiger partial charge in [-0.3, -0.25) is 0 Å². The van der Waals surface area contributed by atoms with Crippen molar-refractivity contribution in [2.75, 3.05) is 6.73 Å². The summed E-state index contributed by atoms with van der Waals surface area (Å²) < 4.78 is 5.36. The van der Waals surface area contributed by atoms with Gasteiger partial charge in [-0.05, 0) is 23.3 Å². The minimum atomic E-state index is -0.294. The Labute approximate surface area is 123 Å². The third kappa shape index (κ3) is 5.16. The van der Waals surface area contributed by atoms with Crippen molar-refractivity contribution in [3.05, 3.63) is 65.7 Å². The van der Waals surface area contributed by atoms with Crippen LogP contribution in [0.15, 0.2) is 54.6 Å². The molecule has 0 bridgehead atoms. The highest BCUT2D eigenvalue weighted by molar-refractivity contribution is 5.73. The molecule has 0 radical (unpaired) electrons. The number of hydrogen-bond donors (Lipinski definition) is 3. The van der Waals surface area contributed by atoms with E-state index in [-0.39, 0.29) is 19.4 Å². The second kappa shape index (κ2) is 7.91. The van der Waals surface area contributed by atoms with E-state index in [1.165, 1.54) is 0 Å². The van der Waals surface area contributed by atoms with Gasteiger partial charge in [-0.25, -0.2) is 4.79 Å². The fraction of sp³-hybridized carbons (Fsp3) is 0.188. The monoisotopic (exact) mass is 286 g/mol. The van der Waals surface area contributed by atoms with Crippen molar-refractivity contribution in [1.82, 2.24) is 10.6 Å². The van der Waals surface area contributed by atoms with Gasteiger partial charge in [-0.2, -0.15) is 0 Å². The molecular formula is C16H18N2O3. The summed E-state index contributed by atoms with van der Waals surface area (Å²) in [4.78, 5) is 11.6. The maximum atomic E-state index is 11.6. The van der Waals surface area contributed by atoms with E-state index in [0.717, 1.165) is 11.1 Å². The third-order valence-electron chi connectivity index (χ3n) is 2.87. The number of ether oxygens (including phenoxy) is 1. The Kier molecular flexibility index (Phi) is 5.60. The summed E-state index contributed by atoms with van der Waals surface area (Å²) in [6, 6.07) is 16.4. The number of amides is 2. The van der Waals surface area contributed by atoms with Gasteiger partial charge in [0, 0.05) is 6.54 Å². The number of rotatable bonds is 6. The molecule has 5 heteroatoms. The summed E-state index contributed by atoms with van der Waals surface area (Å²) in [5.74, 6) is 0.706. The largest absolute Gasteiger partial charge is 0.473 e. The Morgan fingerprint density at radius 2 is 1.62 bits per heavy atom. The number of aliphatic hydroxyl groups is 1. The van der Waals surface area contributed by atoms with Gasteiger partial charge in [-0.1, -0.05) is 42.5 Å². The molecule has 0 aliphatic carbocycles. The van der Waals surface area contributed by atoms with Crippen LogP contribution in [0, 0.1) is 0 Å². The zero-order chi connectivity index (χ0) is 14.9. The lowest BCUT2D eigenvalue weighted by Crippen LogP contribution is -2.37. The van der Waals surface area contributed by atoms with E-state index in [9.17, 15) is 4.79 Å². The van der Waals surface area contributed by atoms with Crippen molar-refractivity contribution >= 4 is 6.03 Å². The number of benzene rings is 2. The molecule has 0 aliphatic heterocycles. The first-order valence-corrected chi connectivity index (χ1v) is 6.66. The molecule has 2 rings (SSSR count). The molecule has 0 atom stereocenters. The van der Waals surface area contributed by atoms with Crippen LogP contribution in [0.2, 0.25) is 0 Å². The highest BCUT2D eigenvalue weighted by Gasteiger charge is 2.00. The van der Waals surface area contributed by atoms with Crippen LogP contribution in [0.1, 0.15) is 11.1 Å². The number of para-hydroxylation sites is 1. The standard InChI is InChI=1S/C16H18N2O3/c19-11-14-8-6-13(7-9-14)10-17-16(20)18-12-21-15-4-2-1-3-5-15/h1-9,19H,10-12H2,(H2,17,18,20). The van der Waals surface area contributed by atoms with E-state index in [1.807, 2.05) is 54.6 Å². The first-order valence-electron chi connectivity index (χ1n) is 6.66. The average Bonchev–Trinajstić information content (AvgIpc) is 2.54. The molecule has 0 aliphatic rings. The maximum Gasteiger partial charge on any atom is 0.317 e. The van der Waals surface area contributed by atoms with Crippen LogP contribution >= 0.6 is 0 Å². The van der Waals surface area contributed by atoms with Crippen molar-refractivity contribution in [3.63, 3.8) is 0 Å². The number of hydrogen-bond acceptors (Lipinski definition) is 3. The summed E-state index contributed by atoms with van der Waals surface area (Å²) >= 11 is 0. The second-order valence-corrected chi connectivity index (χ2v) is 4.44. The molecule has 21 heavy (non-hydrogen) atoms. The summed E-state index contributed by atoms with van der Waals surface area (Å²) in [5.41, 5.74) is 1.81. The quantitative estimate of drug-likeness (QED) is 0.711. The van der Waals surface area contributed by atoms with Gasteiger partial charge < -0.3 is 20.5 Å². The summed E-state index contributed by atoms with van der Waals surface area (Å²) in [5, 5.41) is 14.3. The zero-order valence-corrected chi connectivity index (χ0v) is 11.6. The van der Waals surface area contributed by atoms with Crippen LogP contribution in [0.25, 0.3) is 0 Å². The van der Waals surface area contributed by atoms with Crippen molar-refractivity contribution in [3.8, 4) is 5.75 Å². The van der Waals surface area contributed by atoms with Gasteiger partial charge in [-0.15, -0.1) is 0 Å². The number of aliphatic hydroxyl groups excluding tert-OH is 1. The average molecular weight is 286 g/mol. The summed E-state index contributed by atoms with van der Waals surface area (Å²) in [7, 11) is 0. The van der Waals surface area contributed by atoms with Gasteiger partial charge in [0.25, 0.3) is 0 Å². The number of carbonyl (C=O) groups is 1. The highest BCUT2D eigenvalue weighted by Crippen LogP contribution is 2.07. The van der Waals surface area contributed by atoms with Crippen LogP contribution in [-0.4, -0.2) is 17.9 Å². The topological polar surface area (TPSA) is 70.6 Å². The normalized spacial score (nSPS) is 9.95. The minimum Gasteiger partial charge on any atom is -0.473 e. The van der Waals surface area contributed by atoms with Gasteiger partial charge in [0.2, 0.25) is 0 Å². The van der Waals surface area contributed by atoms with E-state index in [0.29, 0.717) is 12.3 Å². The molecule has 2 aromatic rings. The van der Waals surface area contributed by atoms with Crippen LogP contribution in [0.5, 0.6) is 5.75 Å². The molecule has 2 aromatic carbocycles. The third-order valence-corrected chi connectivity index (χ3v) is 2.87. The van der Waals surface area contributed by atoms with Gasteiger partial charge in [0.1, 0.15) is 5.75 Å². The maximum absolute atomic E-state index is 11.6. The Hall–Kier alpha value is -2.53. The molecule has 0 saturated heterocycles. The molecule has 0 spiro atoms. The second-order valence-electron chi connectivity index (χ2n) is 4.44. The molecule has 0 aromatic heterocycles. The Morgan fingerprint density at radius 1 is 0.952 bits per heavy atom. The fourth-order valence-corrected chi connectivity index (χ4v) is 1.71. The van der Waals surface area contributed by atoms with E-state index in [1.54, 1.807) is 0 Å². The van der Waals surface area contributed by atoms with Gasteiger partial charge >= 0.3 is 6.03 Å². The molecular weight excluding hydrogens is 268 g/mol. The number of carbonyl (C=O) groups excluding carboxylic acids is 1. The molecule has 0 saturated carbocycles. The Morgan fingerprint density at radius 3 is 2.29 bits per heavy atom. The predicted molar refractivity (Wildman–Crippen MR) is 79.7 cm³/mol. The lowest BCUT2D eigenvalue weighted by atomic mass is 10.1. The molecule has 110 valence electrons. The molecule has 3 N–H and O–H groups in total. The Bertz CT molecular complexity index is 555. The minimum absolute atomic E-state index is 0.0189. The van der Waals surface area contributed by atoms with E-state index in [4.69, 9.17) is 9.84 Å². The van der Waals surface area contributed by atoms with E-state index < -0.39 is 0 Å². The number of nitrogens with one attached hydrogen (secondary N) is 2. The van der Waals surface area contributed by atoms with Crippen LogP contribution in [0.3, 0.4) is 0 Å². The van der Waals surface area contributed by atoms with Gasteiger partial charge in [0.15, 0.2) is 6.73 Å². The summed E-state index contributed by atoms with van der Waals surface area (Å²) in [6.07, 6.45) is 0.